The van der Waals surface area contributed by atoms with Gasteiger partial charge in [0.1, 0.15) is 5.82 Å². The summed E-state index contributed by atoms with van der Waals surface area (Å²) in [6.07, 6.45) is 2.14. The third-order valence-electron chi connectivity index (χ3n) is 3.28. The molecule has 108 valence electrons. The number of hydrogen-bond acceptors (Lipinski definition) is 4. The highest BCUT2D eigenvalue weighted by atomic mass is 32.1. The van der Waals surface area contributed by atoms with Crippen LogP contribution in [0.5, 0.6) is 0 Å². The van der Waals surface area contributed by atoms with Crippen molar-refractivity contribution in [1.29, 1.82) is 0 Å². The molecule has 0 bridgehead atoms. The normalized spacial score (nSPS) is 11.0. The molecule has 2 heterocycles. The topological polar surface area (TPSA) is 38.9 Å². The molecule has 5 heteroatoms. The molecule has 3 rings (SSSR count). The van der Waals surface area contributed by atoms with Gasteiger partial charge in [0.2, 0.25) is 0 Å². The quantitative estimate of drug-likeness (QED) is 0.690. The third kappa shape index (κ3) is 2.74. The molecule has 0 unspecified atom stereocenters. The first-order chi connectivity index (χ1) is 10.2. The number of thiophene rings is 1. The van der Waals surface area contributed by atoms with Crippen molar-refractivity contribution in [1.82, 2.24) is 10.2 Å². The molecule has 2 aromatic heterocycles. The van der Waals surface area contributed by atoms with Gasteiger partial charge in [0.25, 0.3) is 11.8 Å². The van der Waals surface area contributed by atoms with Crippen LogP contribution in [-0.4, -0.2) is 10.2 Å². The molecule has 0 aliphatic heterocycles. The fourth-order valence-corrected chi connectivity index (χ4v) is 3.20. The Morgan fingerprint density at radius 3 is 2.71 bits per heavy atom. The molecular weight excluding hydrogens is 287 g/mol. The number of benzene rings is 1. The number of hydrogen-bond donors (Lipinski definition) is 0. The van der Waals surface area contributed by atoms with E-state index in [1.165, 1.54) is 16.5 Å². The average Bonchev–Trinajstić information content (AvgIpc) is 3.08. The van der Waals surface area contributed by atoms with E-state index in [1.807, 2.05) is 0 Å². The van der Waals surface area contributed by atoms with Gasteiger partial charge in [-0.25, -0.2) is 4.39 Å². The minimum absolute atomic E-state index is 0.214. The van der Waals surface area contributed by atoms with Gasteiger partial charge in [0.05, 0.1) is 10.4 Å². The van der Waals surface area contributed by atoms with Gasteiger partial charge in [-0.1, -0.05) is 25.5 Å². The van der Waals surface area contributed by atoms with Gasteiger partial charge in [-0.3, -0.25) is 0 Å². The van der Waals surface area contributed by atoms with E-state index in [2.05, 4.69) is 30.1 Å². The Hall–Kier alpha value is -2.01. The second kappa shape index (κ2) is 5.77. The van der Waals surface area contributed by atoms with E-state index in [0.717, 1.165) is 17.7 Å². The van der Waals surface area contributed by atoms with Gasteiger partial charge in [-0.15, -0.1) is 21.5 Å². The lowest BCUT2D eigenvalue weighted by molar-refractivity contribution is 0.572. The first-order valence-electron chi connectivity index (χ1n) is 6.87. The van der Waals surface area contributed by atoms with E-state index in [-0.39, 0.29) is 11.7 Å². The summed E-state index contributed by atoms with van der Waals surface area (Å²) in [6.45, 7) is 4.24. The molecule has 0 saturated heterocycles. The van der Waals surface area contributed by atoms with E-state index in [1.54, 1.807) is 29.5 Å². The second-order valence-electron chi connectivity index (χ2n) is 4.83. The number of halogens is 1. The van der Waals surface area contributed by atoms with Crippen LogP contribution in [0.2, 0.25) is 0 Å². The summed E-state index contributed by atoms with van der Waals surface area (Å²) >= 11 is 1.63. The van der Waals surface area contributed by atoms with Crippen molar-refractivity contribution >= 4 is 11.3 Å². The van der Waals surface area contributed by atoms with Gasteiger partial charge in [-0.05, 0) is 37.1 Å². The fraction of sp³-hybridized carbons (Fsp3) is 0.250. The predicted molar refractivity (Wildman–Crippen MR) is 81.7 cm³/mol. The Labute approximate surface area is 126 Å². The summed E-state index contributed by atoms with van der Waals surface area (Å²) in [5.74, 6) is 0.302. The van der Waals surface area contributed by atoms with E-state index >= 15 is 0 Å². The first kappa shape index (κ1) is 13.9. The highest BCUT2D eigenvalue weighted by Gasteiger charge is 2.16. The molecule has 1 aromatic carbocycles. The van der Waals surface area contributed by atoms with Crippen molar-refractivity contribution in [2.75, 3.05) is 0 Å². The summed E-state index contributed by atoms with van der Waals surface area (Å²) in [6, 6.07) is 8.48. The van der Waals surface area contributed by atoms with Crippen molar-refractivity contribution in [3.63, 3.8) is 0 Å². The smallest absolute Gasteiger partial charge is 0.258 e. The highest BCUT2D eigenvalue weighted by Crippen LogP contribution is 2.32. The molecule has 0 aliphatic rings. The molecule has 0 saturated carbocycles. The Kier molecular flexibility index (Phi) is 3.84. The van der Waals surface area contributed by atoms with Crippen molar-refractivity contribution in [3.05, 3.63) is 46.6 Å². The van der Waals surface area contributed by atoms with E-state index < -0.39 is 0 Å². The highest BCUT2D eigenvalue weighted by molar-refractivity contribution is 7.15. The van der Waals surface area contributed by atoms with Crippen LogP contribution in [0.3, 0.4) is 0 Å². The van der Waals surface area contributed by atoms with Crippen molar-refractivity contribution in [2.24, 2.45) is 0 Å². The Bertz CT molecular complexity index is 763. The lowest BCUT2D eigenvalue weighted by Crippen LogP contribution is -1.82. The van der Waals surface area contributed by atoms with Crippen LogP contribution < -0.4 is 0 Å². The standard InChI is InChI=1S/C16H15FN2OS/c1-3-6-11-9-14(21-10(11)2)16-19-18-15(20-16)12-7-4-5-8-13(12)17/h4-5,7-9H,3,6H2,1-2H3. The molecule has 0 aliphatic carbocycles. The lowest BCUT2D eigenvalue weighted by atomic mass is 10.1. The number of aryl methyl sites for hydroxylation is 2. The molecule has 0 fully saturated rings. The second-order valence-corrected chi connectivity index (χ2v) is 6.09. The SMILES string of the molecule is CCCc1cc(-c2nnc(-c3ccccc3F)o2)sc1C. The Morgan fingerprint density at radius 1 is 1.19 bits per heavy atom. The van der Waals surface area contributed by atoms with E-state index in [9.17, 15) is 4.39 Å². The molecule has 0 radical (unpaired) electrons. The number of aromatic nitrogens is 2. The summed E-state index contributed by atoms with van der Waals surface area (Å²) < 4.78 is 19.4. The largest absolute Gasteiger partial charge is 0.415 e. The molecule has 21 heavy (non-hydrogen) atoms. The van der Waals surface area contributed by atoms with Crippen molar-refractivity contribution in [3.8, 4) is 22.2 Å². The van der Waals surface area contributed by atoms with Gasteiger partial charge < -0.3 is 4.42 Å². The molecule has 3 nitrogen and oxygen atoms in total. The van der Waals surface area contributed by atoms with Gasteiger partial charge in [-0.2, -0.15) is 0 Å². The summed E-state index contributed by atoms with van der Waals surface area (Å²) in [4.78, 5) is 2.20. The predicted octanol–water partition coefficient (Wildman–Crippen LogP) is 4.87. The van der Waals surface area contributed by atoms with Gasteiger partial charge in [0.15, 0.2) is 0 Å². The van der Waals surface area contributed by atoms with Crippen LogP contribution in [0.4, 0.5) is 4.39 Å². The maximum atomic E-state index is 13.7. The molecule has 0 atom stereocenters. The van der Waals surface area contributed by atoms with Crippen LogP contribution in [-0.2, 0) is 6.42 Å². The third-order valence-corrected chi connectivity index (χ3v) is 4.36. The molecular formula is C16H15FN2OS. The zero-order valence-electron chi connectivity index (χ0n) is 11.9. The van der Waals surface area contributed by atoms with Crippen molar-refractivity contribution in [2.45, 2.75) is 26.7 Å². The van der Waals surface area contributed by atoms with Crippen LogP contribution >= 0.6 is 11.3 Å². The van der Waals surface area contributed by atoms with Crippen LogP contribution in [0.1, 0.15) is 23.8 Å². The molecule has 3 aromatic rings. The number of nitrogens with zero attached hydrogens (tertiary/aromatic N) is 2. The van der Waals surface area contributed by atoms with Gasteiger partial charge in [0, 0.05) is 4.88 Å². The van der Waals surface area contributed by atoms with E-state index in [0.29, 0.717) is 11.5 Å². The average molecular weight is 302 g/mol. The number of rotatable bonds is 4. The Morgan fingerprint density at radius 2 is 1.95 bits per heavy atom. The van der Waals surface area contributed by atoms with Gasteiger partial charge >= 0.3 is 0 Å². The first-order valence-corrected chi connectivity index (χ1v) is 7.68. The lowest BCUT2D eigenvalue weighted by Gasteiger charge is -1.95. The zero-order chi connectivity index (χ0) is 14.8. The molecule has 0 amide bonds. The molecule has 0 N–H and O–H groups in total. The van der Waals surface area contributed by atoms with Crippen LogP contribution in [0.25, 0.3) is 22.2 Å². The monoisotopic (exact) mass is 302 g/mol. The van der Waals surface area contributed by atoms with Crippen LogP contribution in [0, 0.1) is 12.7 Å². The maximum Gasteiger partial charge on any atom is 0.258 e. The summed E-state index contributed by atoms with van der Waals surface area (Å²) in [7, 11) is 0. The maximum absolute atomic E-state index is 13.7. The minimum atomic E-state index is -0.360. The molecule has 0 spiro atoms. The van der Waals surface area contributed by atoms with E-state index in [4.69, 9.17) is 4.42 Å². The van der Waals surface area contributed by atoms with Crippen LogP contribution in [0.15, 0.2) is 34.7 Å². The Balaban J connectivity index is 1.95. The van der Waals surface area contributed by atoms with Crippen molar-refractivity contribution < 1.29 is 8.81 Å². The fourth-order valence-electron chi connectivity index (χ4n) is 2.21. The zero-order valence-corrected chi connectivity index (χ0v) is 12.7. The summed E-state index contributed by atoms with van der Waals surface area (Å²) in [5, 5.41) is 8.00. The summed E-state index contributed by atoms with van der Waals surface area (Å²) in [5.41, 5.74) is 1.64. The minimum Gasteiger partial charge on any atom is -0.415 e.